The normalized spacial score (nSPS) is 9.83. The highest BCUT2D eigenvalue weighted by molar-refractivity contribution is 5.30. The Balaban J connectivity index is 0.00000162. The van der Waals surface area contributed by atoms with Crippen molar-refractivity contribution in [1.29, 1.82) is 0 Å². The second-order valence-electron chi connectivity index (χ2n) is 4.08. The SMILES string of the molecule is Cc1ccc(O)c(CCc2ccc(O)cc2)n1.[Cl-]. The van der Waals surface area contributed by atoms with Gasteiger partial charge in [0.2, 0.25) is 0 Å². The van der Waals surface area contributed by atoms with Crippen LogP contribution in [0.3, 0.4) is 0 Å². The third kappa shape index (κ3) is 3.64. The lowest BCUT2D eigenvalue weighted by molar-refractivity contribution is -0.00000564. The minimum Gasteiger partial charge on any atom is -1.00 e. The van der Waals surface area contributed by atoms with Crippen molar-refractivity contribution in [3.63, 3.8) is 0 Å². The van der Waals surface area contributed by atoms with Crippen molar-refractivity contribution in [3.05, 3.63) is 53.3 Å². The van der Waals surface area contributed by atoms with Crippen LogP contribution >= 0.6 is 0 Å². The minimum atomic E-state index is 0. The first-order chi connectivity index (χ1) is 8.15. The fourth-order valence-electron chi connectivity index (χ4n) is 1.71. The van der Waals surface area contributed by atoms with Crippen LogP contribution < -0.4 is 12.4 Å². The molecule has 3 nitrogen and oxygen atoms in total. The number of halogens is 1. The number of aromatic hydroxyl groups is 2. The Morgan fingerprint density at radius 2 is 1.61 bits per heavy atom. The van der Waals surface area contributed by atoms with Crippen molar-refractivity contribution < 1.29 is 22.6 Å². The maximum Gasteiger partial charge on any atom is 0.137 e. The molecule has 2 N–H and O–H groups in total. The van der Waals surface area contributed by atoms with Crippen LogP contribution in [0.15, 0.2) is 36.4 Å². The number of hydrogen-bond donors (Lipinski definition) is 2. The molecule has 0 aliphatic rings. The summed E-state index contributed by atoms with van der Waals surface area (Å²) in [6, 6.07) is 10.6. The summed E-state index contributed by atoms with van der Waals surface area (Å²) in [6.07, 6.45) is 1.49. The van der Waals surface area contributed by atoms with E-state index in [1.165, 1.54) is 0 Å². The van der Waals surface area contributed by atoms with Crippen molar-refractivity contribution in [2.45, 2.75) is 19.8 Å². The molecule has 0 fully saturated rings. The molecule has 1 aromatic carbocycles. The highest BCUT2D eigenvalue weighted by Gasteiger charge is 2.03. The standard InChI is InChI=1S/C14H15NO2.ClH/c1-10-2-9-14(17)13(15-10)8-5-11-3-6-12(16)7-4-11;/h2-4,6-7,9,16-17H,5,8H2,1H3;1H/p-1. The van der Waals surface area contributed by atoms with Gasteiger partial charge in [-0.2, -0.15) is 0 Å². The van der Waals surface area contributed by atoms with Gasteiger partial charge in [-0.15, -0.1) is 0 Å². The van der Waals surface area contributed by atoms with Gasteiger partial charge in [0.1, 0.15) is 11.5 Å². The monoisotopic (exact) mass is 264 g/mol. The average Bonchev–Trinajstić information content (AvgIpc) is 2.32. The van der Waals surface area contributed by atoms with E-state index in [0.29, 0.717) is 6.42 Å². The number of phenolic OH excluding ortho intramolecular Hbond substituents is 1. The summed E-state index contributed by atoms with van der Waals surface area (Å²) in [7, 11) is 0. The Hall–Kier alpha value is -1.74. The predicted molar refractivity (Wildman–Crippen MR) is 66.2 cm³/mol. The maximum atomic E-state index is 9.65. The van der Waals surface area contributed by atoms with E-state index in [0.717, 1.165) is 23.4 Å². The van der Waals surface area contributed by atoms with Gasteiger partial charge in [0.05, 0.1) is 5.69 Å². The molecule has 0 saturated heterocycles. The Morgan fingerprint density at radius 3 is 2.28 bits per heavy atom. The number of rotatable bonds is 3. The van der Waals surface area contributed by atoms with Crippen molar-refractivity contribution in [2.24, 2.45) is 0 Å². The molecule has 96 valence electrons. The van der Waals surface area contributed by atoms with Crippen LogP contribution in [0, 0.1) is 6.92 Å². The summed E-state index contributed by atoms with van der Waals surface area (Å²) in [6.45, 7) is 1.91. The minimum absolute atomic E-state index is 0. The van der Waals surface area contributed by atoms with Gasteiger partial charge in [-0.05, 0) is 49.6 Å². The fraction of sp³-hybridized carbons (Fsp3) is 0.214. The largest absolute Gasteiger partial charge is 1.00 e. The molecule has 0 atom stereocenters. The number of hydrogen-bond acceptors (Lipinski definition) is 3. The summed E-state index contributed by atoms with van der Waals surface area (Å²) < 4.78 is 0. The maximum absolute atomic E-state index is 9.65. The molecule has 1 aromatic heterocycles. The number of aromatic nitrogens is 1. The smallest absolute Gasteiger partial charge is 0.137 e. The van der Waals surface area contributed by atoms with Crippen molar-refractivity contribution in [3.8, 4) is 11.5 Å². The number of benzene rings is 1. The molecule has 4 heteroatoms. The van der Waals surface area contributed by atoms with Crippen LogP contribution in [0.25, 0.3) is 0 Å². The van der Waals surface area contributed by atoms with E-state index in [-0.39, 0.29) is 23.9 Å². The molecule has 0 aliphatic heterocycles. The first kappa shape index (κ1) is 14.3. The third-order valence-corrected chi connectivity index (χ3v) is 2.68. The van der Waals surface area contributed by atoms with Gasteiger partial charge in [-0.3, -0.25) is 4.98 Å². The van der Waals surface area contributed by atoms with Crippen molar-refractivity contribution in [2.75, 3.05) is 0 Å². The molecular formula is C14H15ClNO2-. The highest BCUT2D eigenvalue weighted by atomic mass is 35.5. The van der Waals surface area contributed by atoms with Gasteiger partial charge in [0.15, 0.2) is 0 Å². The Bertz CT molecular complexity index is 512. The number of aryl methyl sites for hydroxylation is 3. The summed E-state index contributed by atoms with van der Waals surface area (Å²) in [5, 5.41) is 18.8. The van der Waals surface area contributed by atoms with E-state index in [1.807, 2.05) is 19.1 Å². The van der Waals surface area contributed by atoms with E-state index >= 15 is 0 Å². The van der Waals surface area contributed by atoms with E-state index < -0.39 is 0 Å². The van der Waals surface area contributed by atoms with Crippen molar-refractivity contribution >= 4 is 0 Å². The van der Waals surface area contributed by atoms with Gasteiger partial charge in [-0.25, -0.2) is 0 Å². The van der Waals surface area contributed by atoms with Gasteiger partial charge < -0.3 is 22.6 Å². The second-order valence-corrected chi connectivity index (χ2v) is 4.08. The zero-order valence-corrected chi connectivity index (χ0v) is 10.9. The molecule has 0 aliphatic carbocycles. The van der Waals surface area contributed by atoms with Crippen LogP contribution in [0.1, 0.15) is 17.0 Å². The molecule has 0 bridgehead atoms. The third-order valence-electron chi connectivity index (χ3n) is 2.68. The zero-order valence-electron chi connectivity index (χ0n) is 10.1. The van der Waals surface area contributed by atoms with E-state index in [2.05, 4.69) is 4.98 Å². The summed E-state index contributed by atoms with van der Waals surface area (Å²) >= 11 is 0. The predicted octanol–water partition coefficient (Wildman–Crippen LogP) is -0.410. The topological polar surface area (TPSA) is 53.4 Å². The van der Waals surface area contributed by atoms with Crippen LogP contribution in [0.2, 0.25) is 0 Å². The molecule has 2 aromatic rings. The Kier molecular flexibility index (Phi) is 4.98. The molecular weight excluding hydrogens is 250 g/mol. The van der Waals surface area contributed by atoms with Crippen LogP contribution in [-0.2, 0) is 12.8 Å². The summed E-state index contributed by atoms with van der Waals surface area (Å²) in [4.78, 5) is 4.31. The molecule has 0 unspecified atom stereocenters. The van der Waals surface area contributed by atoms with Crippen LogP contribution in [0.5, 0.6) is 11.5 Å². The van der Waals surface area contributed by atoms with E-state index in [9.17, 15) is 10.2 Å². The number of nitrogens with zero attached hydrogens (tertiary/aromatic N) is 1. The zero-order chi connectivity index (χ0) is 12.3. The first-order valence-corrected chi connectivity index (χ1v) is 5.58. The summed E-state index contributed by atoms with van der Waals surface area (Å²) in [5.74, 6) is 0.514. The summed E-state index contributed by atoms with van der Waals surface area (Å²) in [5.41, 5.74) is 2.74. The molecule has 2 rings (SSSR count). The number of pyridine rings is 1. The average molecular weight is 265 g/mol. The Morgan fingerprint density at radius 1 is 0.944 bits per heavy atom. The van der Waals surface area contributed by atoms with E-state index in [1.54, 1.807) is 24.3 Å². The highest BCUT2D eigenvalue weighted by Crippen LogP contribution is 2.18. The van der Waals surface area contributed by atoms with Crippen LogP contribution in [-0.4, -0.2) is 15.2 Å². The first-order valence-electron chi connectivity index (χ1n) is 5.58. The lowest BCUT2D eigenvalue weighted by Gasteiger charge is -2.05. The van der Waals surface area contributed by atoms with Crippen LogP contribution in [0.4, 0.5) is 0 Å². The lowest BCUT2D eigenvalue weighted by atomic mass is 10.1. The molecule has 0 amide bonds. The molecule has 1 heterocycles. The van der Waals surface area contributed by atoms with Crippen molar-refractivity contribution in [1.82, 2.24) is 4.98 Å². The molecule has 0 radical (unpaired) electrons. The lowest BCUT2D eigenvalue weighted by Crippen LogP contribution is -3.00. The fourth-order valence-corrected chi connectivity index (χ4v) is 1.71. The molecule has 18 heavy (non-hydrogen) atoms. The second kappa shape index (κ2) is 6.26. The number of phenols is 1. The van der Waals surface area contributed by atoms with Gasteiger partial charge in [0, 0.05) is 5.69 Å². The Labute approximate surface area is 113 Å². The van der Waals surface area contributed by atoms with Gasteiger partial charge in [0.25, 0.3) is 0 Å². The quantitative estimate of drug-likeness (QED) is 0.793. The van der Waals surface area contributed by atoms with Gasteiger partial charge >= 0.3 is 0 Å². The molecule has 0 saturated carbocycles. The molecule has 0 spiro atoms. The van der Waals surface area contributed by atoms with Gasteiger partial charge in [-0.1, -0.05) is 12.1 Å². The van der Waals surface area contributed by atoms with E-state index in [4.69, 9.17) is 0 Å².